The molecule has 3 nitrogen and oxygen atoms in total. The van der Waals surface area contributed by atoms with Crippen molar-refractivity contribution in [2.24, 2.45) is 23.5 Å². The van der Waals surface area contributed by atoms with Gasteiger partial charge in [-0.15, -0.1) is 0 Å². The number of amides is 1. The first kappa shape index (κ1) is 15.8. The van der Waals surface area contributed by atoms with E-state index in [1.807, 2.05) is 0 Å². The van der Waals surface area contributed by atoms with E-state index in [0.29, 0.717) is 23.8 Å². The summed E-state index contributed by atoms with van der Waals surface area (Å²) in [5, 5.41) is 3.37. The Kier molecular flexibility index (Phi) is 5.11. The molecule has 20 heavy (non-hydrogen) atoms. The molecule has 2 fully saturated rings. The van der Waals surface area contributed by atoms with Crippen LogP contribution in [0.2, 0.25) is 0 Å². The van der Waals surface area contributed by atoms with Gasteiger partial charge in [-0.1, -0.05) is 27.2 Å². The zero-order chi connectivity index (χ0) is 14.8. The third-order valence-electron chi connectivity index (χ3n) is 6.20. The van der Waals surface area contributed by atoms with E-state index in [-0.39, 0.29) is 11.5 Å². The molecule has 1 amide bonds. The SMILES string of the molecule is CCC(CC)(CC)NC(=O)C1CC2CCCC(C1)C2N. The lowest BCUT2D eigenvalue weighted by Gasteiger charge is -2.44. The summed E-state index contributed by atoms with van der Waals surface area (Å²) >= 11 is 0. The van der Waals surface area contributed by atoms with Crippen molar-refractivity contribution in [1.29, 1.82) is 0 Å². The Balaban J connectivity index is 2.00. The molecule has 0 radical (unpaired) electrons. The molecule has 0 aromatic carbocycles. The zero-order valence-corrected chi connectivity index (χ0v) is 13.5. The highest BCUT2D eigenvalue weighted by molar-refractivity contribution is 5.79. The normalized spacial score (nSPS) is 33.8. The Labute approximate surface area is 124 Å². The van der Waals surface area contributed by atoms with Gasteiger partial charge in [0.15, 0.2) is 0 Å². The van der Waals surface area contributed by atoms with Crippen LogP contribution in [0.5, 0.6) is 0 Å². The molecule has 0 aromatic heterocycles. The molecule has 2 saturated carbocycles. The van der Waals surface area contributed by atoms with E-state index in [4.69, 9.17) is 5.73 Å². The van der Waals surface area contributed by atoms with Crippen molar-refractivity contribution >= 4 is 5.91 Å². The summed E-state index contributed by atoms with van der Waals surface area (Å²) in [6, 6.07) is 0.348. The summed E-state index contributed by atoms with van der Waals surface area (Å²) in [5.74, 6) is 1.66. The predicted molar refractivity (Wildman–Crippen MR) is 83.3 cm³/mol. The van der Waals surface area contributed by atoms with E-state index >= 15 is 0 Å². The van der Waals surface area contributed by atoms with Gasteiger partial charge in [-0.05, 0) is 56.8 Å². The van der Waals surface area contributed by atoms with Gasteiger partial charge in [0.05, 0.1) is 0 Å². The molecule has 0 aliphatic heterocycles. The van der Waals surface area contributed by atoms with Crippen molar-refractivity contribution in [3.63, 3.8) is 0 Å². The predicted octanol–water partition coefficient (Wildman–Crippen LogP) is 3.23. The van der Waals surface area contributed by atoms with Gasteiger partial charge in [-0.2, -0.15) is 0 Å². The van der Waals surface area contributed by atoms with E-state index < -0.39 is 0 Å². The van der Waals surface area contributed by atoms with E-state index in [1.54, 1.807) is 0 Å². The van der Waals surface area contributed by atoms with Crippen molar-refractivity contribution in [2.45, 2.75) is 83.7 Å². The molecule has 0 aromatic rings. The molecular weight excluding hydrogens is 248 g/mol. The minimum atomic E-state index is 0.00571. The standard InChI is InChI=1S/C17H32N2O/c1-4-17(5-2,6-3)19-16(20)14-10-12-8-7-9-13(11-14)15(12)18/h12-15H,4-11,18H2,1-3H3,(H,19,20). The van der Waals surface area contributed by atoms with E-state index in [1.165, 1.54) is 19.3 Å². The number of carbonyl (C=O) groups excluding carboxylic acids is 1. The highest BCUT2D eigenvalue weighted by Gasteiger charge is 2.41. The first-order valence-corrected chi connectivity index (χ1v) is 8.62. The number of hydrogen-bond acceptors (Lipinski definition) is 2. The first-order valence-electron chi connectivity index (χ1n) is 8.62. The summed E-state index contributed by atoms with van der Waals surface area (Å²) in [4.78, 5) is 12.7. The number of hydrogen-bond donors (Lipinski definition) is 2. The van der Waals surface area contributed by atoms with E-state index in [0.717, 1.165) is 32.1 Å². The highest BCUT2D eigenvalue weighted by Crippen LogP contribution is 2.42. The average molecular weight is 280 g/mol. The molecule has 0 saturated heterocycles. The second-order valence-corrected chi connectivity index (χ2v) is 7.03. The van der Waals surface area contributed by atoms with Gasteiger partial charge in [0, 0.05) is 17.5 Å². The lowest BCUT2D eigenvalue weighted by atomic mass is 9.65. The maximum atomic E-state index is 12.7. The van der Waals surface area contributed by atoms with Gasteiger partial charge in [0.1, 0.15) is 0 Å². The molecule has 116 valence electrons. The van der Waals surface area contributed by atoms with E-state index in [9.17, 15) is 4.79 Å². The number of nitrogens with one attached hydrogen (secondary N) is 1. The number of rotatable bonds is 5. The van der Waals surface area contributed by atoms with Crippen molar-refractivity contribution in [1.82, 2.24) is 5.32 Å². The number of fused-ring (bicyclic) bond motifs is 2. The Hall–Kier alpha value is -0.570. The van der Waals surface area contributed by atoms with Gasteiger partial charge in [-0.3, -0.25) is 4.79 Å². The van der Waals surface area contributed by atoms with Crippen LogP contribution in [0.3, 0.4) is 0 Å². The van der Waals surface area contributed by atoms with Crippen LogP contribution in [0.15, 0.2) is 0 Å². The molecule has 0 heterocycles. The van der Waals surface area contributed by atoms with Crippen LogP contribution in [0.1, 0.15) is 72.1 Å². The fraction of sp³-hybridized carbons (Fsp3) is 0.941. The monoisotopic (exact) mass is 280 g/mol. The quantitative estimate of drug-likeness (QED) is 0.812. The third-order valence-corrected chi connectivity index (χ3v) is 6.20. The van der Waals surface area contributed by atoms with Gasteiger partial charge < -0.3 is 11.1 Å². The topological polar surface area (TPSA) is 55.1 Å². The van der Waals surface area contributed by atoms with Crippen molar-refractivity contribution in [2.75, 3.05) is 0 Å². The molecule has 0 spiro atoms. The van der Waals surface area contributed by atoms with Gasteiger partial charge in [-0.25, -0.2) is 0 Å². The van der Waals surface area contributed by atoms with Crippen LogP contribution in [0.25, 0.3) is 0 Å². The summed E-state index contributed by atoms with van der Waals surface area (Å²) < 4.78 is 0. The summed E-state index contributed by atoms with van der Waals surface area (Å²) in [6.07, 6.45) is 8.83. The van der Waals surface area contributed by atoms with Gasteiger partial charge in [0.25, 0.3) is 0 Å². The summed E-state index contributed by atoms with van der Waals surface area (Å²) in [5.41, 5.74) is 6.33. The Morgan fingerprint density at radius 1 is 1.10 bits per heavy atom. The van der Waals surface area contributed by atoms with E-state index in [2.05, 4.69) is 26.1 Å². The fourth-order valence-corrected chi connectivity index (χ4v) is 4.38. The first-order chi connectivity index (χ1) is 9.55. The van der Waals surface area contributed by atoms with Crippen LogP contribution < -0.4 is 11.1 Å². The Bertz CT molecular complexity index is 316. The lowest BCUT2D eigenvalue weighted by molar-refractivity contribution is -0.130. The minimum Gasteiger partial charge on any atom is -0.350 e. The molecule has 2 atom stereocenters. The van der Waals surface area contributed by atoms with Crippen LogP contribution in [0.4, 0.5) is 0 Å². The van der Waals surface area contributed by atoms with Crippen molar-refractivity contribution in [3.05, 3.63) is 0 Å². The molecule has 2 rings (SSSR count). The highest BCUT2D eigenvalue weighted by atomic mass is 16.2. The zero-order valence-electron chi connectivity index (χ0n) is 13.5. The van der Waals surface area contributed by atoms with Crippen molar-refractivity contribution < 1.29 is 4.79 Å². The maximum absolute atomic E-state index is 12.7. The van der Waals surface area contributed by atoms with Crippen LogP contribution in [-0.2, 0) is 4.79 Å². The molecular formula is C17H32N2O. The maximum Gasteiger partial charge on any atom is 0.223 e. The van der Waals surface area contributed by atoms with Crippen LogP contribution in [-0.4, -0.2) is 17.5 Å². The molecule has 2 bridgehead atoms. The smallest absolute Gasteiger partial charge is 0.223 e. The average Bonchev–Trinajstić information content (AvgIpc) is 2.44. The number of nitrogens with two attached hydrogens (primary N) is 1. The molecule has 2 aliphatic rings. The fourth-order valence-electron chi connectivity index (χ4n) is 4.38. The van der Waals surface area contributed by atoms with Crippen LogP contribution in [0, 0.1) is 17.8 Å². The number of carbonyl (C=O) groups is 1. The Morgan fingerprint density at radius 3 is 2.05 bits per heavy atom. The molecule has 3 N–H and O–H groups in total. The minimum absolute atomic E-state index is 0.00571. The summed E-state index contributed by atoms with van der Waals surface area (Å²) in [6.45, 7) is 6.54. The second kappa shape index (κ2) is 6.46. The molecule has 3 heteroatoms. The van der Waals surface area contributed by atoms with Gasteiger partial charge in [0.2, 0.25) is 5.91 Å². The largest absolute Gasteiger partial charge is 0.350 e. The summed E-state index contributed by atoms with van der Waals surface area (Å²) in [7, 11) is 0. The Morgan fingerprint density at radius 2 is 1.60 bits per heavy atom. The lowest BCUT2D eigenvalue weighted by Crippen LogP contribution is -2.53. The van der Waals surface area contributed by atoms with Crippen LogP contribution >= 0.6 is 0 Å². The molecule has 2 unspecified atom stereocenters. The van der Waals surface area contributed by atoms with Crippen molar-refractivity contribution in [3.8, 4) is 0 Å². The molecule has 2 aliphatic carbocycles. The third kappa shape index (κ3) is 3.03. The second-order valence-electron chi connectivity index (χ2n) is 7.03. The van der Waals surface area contributed by atoms with Gasteiger partial charge >= 0.3 is 0 Å².